The van der Waals surface area contributed by atoms with Gasteiger partial charge in [-0.25, -0.2) is 9.13 Å². The molecular formula is C85H146O17P2. The van der Waals surface area contributed by atoms with Crippen LogP contribution in [0, 0.1) is 0 Å². The lowest BCUT2D eigenvalue weighted by molar-refractivity contribution is -0.161. The predicted molar refractivity (Wildman–Crippen MR) is 427 cm³/mol. The number of esters is 4. The number of hydrogen-bond donors (Lipinski definition) is 3. The lowest BCUT2D eigenvalue weighted by Crippen LogP contribution is -2.30. The molecule has 0 aliphatic heterocycles. The van der Waals surface area contributed by atoms with Gasteiger partial charge < -0.3 is 33.8 Å². The van der Waals surface area contributed by atoms with E-state index in [1.165, 1.54) is 51.4 Å². The second kappa shape index (κ2) is 76.6. The van der Waals surface area contributed by atoms with Gasteiger partial charge in [-0.1, -0.05) is 303 Å². The van der Waals surface area contributed by atoms with Gasteiger partial charge in [0, 0.05) is 25.7 Å². The average Bonchev–Trinajstić information content (AvgIpc) is 0.906. The van der Waals surface area contributed by atoms with Gasteiger partial charge in [-0.15, -0.1) is 0 Å². The molecule has 3 N–H and O–H groups in total. The zero-order valence-corrected chi connectivity index (χ0v) is 67.2. The van der Waals surface area contributed by atoms with Crippen molar-refractivity contribution in [2.75, 3.05) is 39.6 Å². The summed E-state index contributed by atoms with van der Waals surface area (Å²) in [5, 5.41) is 10.6. The van der Waals surface area contributed by atoms with E-state index >= 15 is 0 Å². The molecule has 0 bridgehead atoms. The van der Waals surface area contributed by atoms with E-state index in [2.05, 4.69) is 149 Å². The fourth-order valence-corrected chi connectivity index (χ4v) is 12.3. The van der Waals surface area contributed by atoms with Crippen LogP contribution in [0.3, 0.4) is 0 Å². The fourth-order valence-electron chi connectivity index (χ4n) is 10.8. The number of unbranched alkanes of at least 4 members (excludes halogenated alkanes) is 30. The van der Waals surface area contributed by atoms with Crippen LogP contribution in [0.25, 0.3) is 0 Å². The Kier molecular flexibility index (Phi) is 73.3. The zero-order valence-electron chi connectivity index (χ0n) is 65.4. The highest BCUT2D eigenvalue weighted by atomic mass is 31.2. The first-order valence-electron chi connectivity index (χ1n) is 40.8. The van der Waals surface area contributed by atoms with E-state index in [1.54, 1.807) is 0 Å². The van der Waals surface area contributed by atoms with Crippen molar-refractivity contribution in [2.24, 2.45) is 0 Å². The first kappa shape index (κ1) is 99.5. The molecule has 19 heteroatoms. The number of ether oxygens (including phenoxy) is 4. The quantitative estimate of drug-likeness (QED) is 0.0169. The summed E-state index contributed by atoms with van der Waals surface area (Å²) in [7, 11) is -9.97. The maximum absolute atomic E-state index is 13.1. The maximum atomic E-state index is 13.1. The average molecular weight is 1500 g/mol. The summed E-state index contributed by atoms with van der Waals surface area (Å²) >= 11 is 0. The smallest absolute Gasteiger partial charge is 0.462 e. The molecule has 598 valence electrons. The van der Waals surface area contributed by atoms with Crippen LogP contribution in [-0.2, 0) is 65.4 Å². The molecule has 104 heavy (non-hydrogen) atoms. The first-order chi connectivity index (χ1) is 50.7. The van der Waals surface area contributed by atoms with Crippen LogP contribution in [-0.4, -0.2) is 96.7 Å². The van der Waals surface area contributed by atoms with Gasteiger partial charge in [-0.3, -0.25) is 37.3 Å². The maximum Gasteiger partial charge on any atom is 0.472 e. The third-order valence-corrected chi connectivity index (χ3v) is 18.8. The summed E-state index contributed by atoms with van der Waals surface area (Å²) < 4.78 is 68.7. The standard InChI is InChI=1S/C85H146O17P2/c1-5-9-13-17-21-25-29-33-35-37-39-41-43-47-50-54-58-62-66-70-83(88)96-76-81(102-85(90)72-68-64-60-56-52-48-44-42-40-38-36-34-30-26-22-18-14-10-6-2)78-100-104(93,94)98-74-79(86)73-97-103(91,92)99-77-80(101-84(89)71-67-63-59-55-51-46-32-28-24-20-16-12-8-4)75-95-82(87)69-65-61-57-53-49-45-31-27-23-19-15-11-7-3/h9-10,13-15,19,21-22,25-27,31,33-36,39-42,79-81,86H,5-8,11-12,16-18,20,23-24,28-30,32,37-38,43-78H2,1-4H3,(H,91,92)(H,93,94)/b13-9-,14-10-,19-15-,25-21-,26-22-,31-27-,35-33-,36-34-,41-39-,42-40-. The molecule has 0 rings (SSSR count). The zero-order chi connectivity index (χ0) is 76.0. The van der Waals surface area contributed by atoms with Crippen LogP contribution < -0.4 is 0 Å². The molecule has 0 fully saturated rings. The molecule has 0 amide bonds. The third kappa shape index (κ3) is 75.7. The van der Waals surface area contributed by atoms with Gasteiger partial charge >= 0.3 is 39.5 Å². The molecule has 17 nitrogen and oxygen atoms in total. The largest absolute Gasteiger partial charge is 0.472 e. The molecule has 0 aromatic carbocycles. The summed E-state index contributed by atoms with van der Waals surface area (Å²) in [6, 6.07) is 0. The van der Waals surface area contributed by atoms with Crippen molar-refractivity contribution in [3.05, 3.63) is 122 Å². The molecule has 0 aliphatic rings. The van der Waals surface area contributed by atoms with Gasteiger partial charge in [0.25, 0.3) is 0 Å². The SMILES string of the molecule is CC/C=C\C/C=C\C/C=C\C/C=C\CCCCCCCCC(=O)OCC(COP(=O)(O)OCC(O)COP(=O)(O)OCC(COC(=O)CCCCCCC/C=C\C/C=C\CCC)OC(=O)CCCCCCCCCCCCCCC)OC(=O)CCCCCCCC/C=C\C/C=C\C/C=C\C/C=C\CC. The number of aliphatic hydroxyl groups is 1. The second-order valence-electron chi connectivity index (χ2n) is 27.0. The number of rotatable bonds is 76. The Labute approximate surface area is 632 Å². The van der Waals surface area contributed by atoms with Crippen molar-refractivity contribution in [1.82, 2.24) is 0 Å². The normalized spacial score (nSPS) is 14.5. The third-order valence-electron chi connectivity index (χ3n) is 16.9. The first-order valence-corrected chi connectivity index (χ1v) is 43.8. The van der Waals surface area contributed by atoms with E-state index in [4.69, 9.17) is 37.0 Å². The van der Waals surface area contributed by atoms with Crippen LogP contribution in [0.2, 0.25) is 0 Å². The van der Waals surface area contributed by atoms with Gasteiger partial charge in [0.15, 0.2) is 12.2 Å². The van der Waals surface area contributed by atoms with Crippen LogP contribution in [0.5, 0.6) is 0 Å². The number of carbonyl (C=O) groups is 4. The summed E-state index contributed by atoms with van der Waals surface area (Å²) in [5.41, 5.74) is 0. The summed E-state index contributed by atoms with van der Waals surface area (Å²) in [5.74, 6) is -2.21. The lowest BCUT2D eigenvalue weighted by atomic mass is 10.0. The Hall–Kier alpha value is -4.54. The minimum Gasteiger partial charge on any atom is -0.462 e. The summed E-state index contributed by atoms with van der Waals surface area (Å²) in [6.07, 6.45) is 84.5. The monoisotopic (exact) mass is 1500 g/mol. The topological polar surface area (TPSA) is 237 Å². The van der Waals surface area contributed by atoms with Crippen molar-refractivity contribution in [1.29, 1.82) is 0 Å². The van der Waals surface area contributed by atoms with E-state index in [9.17, 15) is 43.2 Å². The fraction of sp³-hybridized carbons (Fsp3) is 0.718. The minimum atomic E-state index is -4.99. The van der Waals surface area contributed by atoms with Crippen molar-refractivity contribution < 1.29 is 80.2 Å². The number of carbonyl (C=O) groups excluding carboxylic acids is 4. The number of aliphatic hydroxyl groups excluding tert-OH is 1. The van der Waals surface area contributed by atoms with Gasteiger partial charge in [0.1, 0.15) is 19.3 Å². The van der Waals surface area contributed by atoms with E-state index in [0.717, 1.165) is 205 Å². The molecule has 0 aromatic rings. The van der Waals surface area contributed by atoms with E-state index in [-0.39, 0.29) is 25.7 Å². The molecule has 0 saturated carbocycles. The predicted octanol–water partition coefficient (Wildman–Crippen LogP) is 23.9. The number of allylic oxidation sites excluding steroid dienone is 20. The summed E-state index contributed by atoms with van der Waals surface area (Å²) in [4.78, 5) is 73.1. The second-order valence-corrected chi connectivity index (χ2v) is 29.9. The Morgan fingerprint density at radius 3 is 0.808 bits per heavy atom. The van der Waals surface area contributed by atoms with Crippen LogP contribution in [0.15, 0.2) is 122 Å². The van der Waals surface area contributed by atoms with Gasteiger partial charge in [-0.2, -0.15) is 0 Å². The van der Waals surface area contributed by atoms with E-state index in [1.807, 2.05) is 0 Å². The van der Waals surface area contributed by atoms with Crippen molar-refractivity contribution >= 4 is 39.5 Å². The number of phosphoric acid groups is 2. The molecule has 0 spiro atoms. The highest BCUT2D eigenvalue weighted by Gasteiger charge is 2.30. The van der Waals surface area contributed by atoms with E-state index < -0.39 is 97.5 Å². The van der Waals surface area contributed by atoms with Crippen molar-refractivity contribution in [3.63, 3.8) is 0 Å². The molecule has 5 atom stereocenters. The molecular weight excluding hydrogens is 1350 g/mol. The lowest BCUT2D eigenvalue weighted by Gasteiger charge is -2.21. The molecule has 0 aliphatic carbocycles. The Morgan fingerprint density at radius 2 is 0.519 bits per heavy atom. The molecule has 0 aromatic heterocycles. The Morgan fingerprint density at radius 1 is 0.279 bits per heavy atom. The minimum absolute atomic E-state index is 0.0731. The number of phosphoric ester groups is 2. The van der Waals surface area contributed by atoms with Gasteiger partial charge in [-0.05, 0) is 128 Å². The van der Waals surface area contributed by atoms with E-state index in [0.29, 0.717) is 25.7 Å². The molecule has 0 radical (unpaired) electrons. The van der Waals surface area contributed by atoms with Crippen molar-refractivity contribution in [3.8, 4) is 0 Å². The molecule has 0 saturated heterocycles. The highest BCUT2D eigenvalue weighted by Crippen LogP contribution is 2.45. The molecule has 0 heterocycles. The van der Waals surface area contributed by atoms with Gasteiger partial charge in [0.05, 0.1) is 26.4 Å². The van der Waals surface area contributed by atoms with Crippen molar-refractivity contribution in [2.45, 2.75) is 354 Å². The highest BCUT2D eigenvalue weighted by molar-refractivity contribution is 7.47. The summed E-state index contributed by atoms with van der Waals surface area (Å²) in [6.45, 7) is 4.57. The van der Waals surface area contributed by atoms with Gasteiger partial charge in [0.2, 0.25) is 0 Å². The Balaban J connectivity index is 5.38. The number of hydrogen-bond acceptors (Lipinski definition) is 15. The Bertz CT molecular complexity index is 2440. The van der Waals surface area contributed by atoms with Crippen LogP contribution >= 0.6 is 15.6 Å². The molecule has 5 unspecified atom stereocenters. The van der Waals surface area contributed by atoms with Crippen LogP contribution in [0.4, 0.5) is 0 Å². The van der Waals surface area contributed by atoms with Crippen LogP contribution in [0.1, 0.15) is 336 Å².